The minimum Gasteiger partial charge on any atom is -0.497 e. The van der Waals surface area contributed by atoms with Crippen molar-refractivity contribution in [2.24, 2.45) is 0 Å². The molecule has 0 saturated carbocycles. The molecule has 0 aliphatic heterocycles. The summed E-state index contributed by atoms with van der Waals surface area (Å²) in [4.78, 5) is 14.1. The second kappa shape index (κ2) is 9.30. The molecular weight excluding hydrogens is 340 g/mol. The van der Waals surface area contributed by atoms with Crippen molar-refractivity contribution in [2.75, 3.05) is 34.4 Å². The topological polar surface area (TPSA) is 50.8 Å². The van der Waals surface area contributed by atoms with Crippen molar-refractivity contribution in [3.05, 3.63) is 59.1 Å². The summed E-state index contributed by atoms with van der Waals surface area (Å²) in [6.07, 6.45) is 0. The van der Waals surface area contributed by atoms with Gasteiger partial charge < -0.3 is 19.7 Å². The molecule has 1 unspecified atom stereocenters. The van der Waals surface area contributed by atoms with Gasteiger partial charge in [-0.05, 0) is 56.1 Å². The lowest BCUT2D eigenvalue weighted by atomic mass is 10.1. The molecule has 2 aromatic carbocycles. The molecular formula is C19H23ClN2O3. The number of nitrogens with one attached hydrogen (secondary N) is 1. The smallest absolute Gasteiger partial charge is 0.258 e. The Bertz CT molecular complexity index is 689. The average molecular weight is 363 g/mol. The van der Waals surface area contributed by atoms with Gasteiger partial charge in [0.05, 0.1) is 13.2 Å². The lowest BCUT2D eigenvalue weighted by molar-refractivity contribution is -0.123. The number of ether oxygens (including phenoxy) is 2. The molecule has 2 rings (SSSR count). The third kappa shape index (κ3) is 5.96. The fourth-order valence-corrected chi connectivity index (χ4v) is 2.51. The maximum Gasteiger partial charge on any atom is 0.258 e. The largest absolute Gasteiger partial charge is 0.497 e. The van der Waals surface area contributed by atoms with Crippen LogP contribution < -0.4 is 14.8 Å². The molecule has 1 amide bonds. The maximum atomic E-state index is 12.1. The van der Waals surface area contributed by atoms with E-state index in [9.17, 15) is 4.79 Å². The fraction of sp³-hybridized carbons (Fsp3) is 0.316. The summed E-state index contributed by atoms with van der Waals surface area (Å²) in [6.45, 7) is 0.433. The van der Waals surface area contributed by atoms with Gasteiger partial charge in [0.2, 0.25) is 0 Å². The van der Waals surface area contributed by atoms with Gasteiger partial charge in [-0.1, -0.05) is 23.7 Å². The molecule has 0 fully saturated rings. The van der Waals surface area contributed by atoms with Crippen molar-refractivity contribution in [1.29, 1.82) is 0 Å². The van der Waals surface area contributed by atoms with Gasteiger partial charge in [-0.15, -0.1) is 0 Å². The van der Waals surface area contributed by atoms with Gasteiger partial charge in [0.25, 0.3) is 5.91 Å². The van der Waals surface area contributed by atoms with Crippen LogP contribution in [-0.4, -0.2) is 45.2 Å². The Balaban J connectivity index is 1.89. The summed E-state index contributed by atoms with van der Waals surface area (Å²) in [7, 11) is 5.58. The Labute approximate surface area is 153 Å². The molecule has 25 heavy (non-hydrogen) atoms. The Hall–Kier alpha value is -2.24. The predicted molar refractivity (Wildman–Crippen MR) is 99.4 cm³/mol. The highest BCUT2D eigenvalue weighted by atomic mass is 35.5. The van der Waals surface area contributed by atoms with Crippen LogP contribution in [-0.2, 0) is 4.79 Å². The van der Waals surface area contributed by atoms with Crippen molar-refractivity contribution in [3.8, 4) is 11.5 Å². The van der Waals surface area contributed by atoms with E-state index in [2.05, 4.69) is 10.2 Å². The minimum atomic E-state index is -0.176. The van der Waals surface area contributed by atoms with E-state index < -0.39 is 0 Å². The van der Waals surface area contributed by atoms with E-state index in [1.165, 1.54) is 0 Å². The Morgan fingerprint density at radius 1 is 1.16 bits per heavy atom. The Kier molecular flexibility index (Phi) is 7.10. The second-order valence-electron chi connectivity index (χ2n) is 5.80. The van der Waals surface area contributed by atoms with E-state index in [-0.39, 0.29) is 18.6 Å². The third-order valence-corrected chi connectivity index (χ3v) is 4.03. The van der Waals surface area contributed by atoms with Gasteiger partial charge >= 0.3 is 0 Å². The number of carbonyl (C=O) groups is 1. The molecule has 2 aromatic rings. The number of rotatable bonds is 8. The Morgan fingerprint density at radius 3 is 2.52 bits per heavy atom. The lowest BCUT2D eigenvalue weighted by Crippen LogP contribution is -2.36. The summed E-state index contributed by atoms with van der Waals surface area (Å²) in [5.41, 5.74) is 1.07. The second-order valence-corrected chi connectivity index (χ2v) is 6.24. The van der Waals surface area contributed by atoms with E-state index in [1.807, 2.05) is 38.4 Å². The van der Waals surface area contributed by atoms with E-state index in [0.29, 0.717) is 17.3 Å². The first-order chi connectivity index (χ1) is 12.0. The van der Waals surface area contributed by atoms with Crippen LogP contribution in [0.5, 0.6) is 11.5 Å². The number of halogens is 1. The van der Waals surface area contributed by atoms with E-state index in [1.54, 1.807) is 31.4 Å². The molecule has 0 saturated heterocycles. The molecule has 134 valence electrons. The highest BCUT2D eigenvalue weighted by Crippen LogP contribution is 2.22. The SMILES string of the molecule is COc1cccc(C(CNC(=O)COc2ccc(Cl)cc2)N(C)C)c1. The molecule has 0 spiro atoms. The summed E-state index contributed by atoms with van der Waals surface area (Å²) in [6, 6.07) is 14.8. The monoisotopic (exact) mass is 362 g/mol. The normalized spacial score (nSPS) is 11.9. The first-order valence-corrected chi connectivity index (χ1v) is 8.33. The summed E-state index contributed by atoms with van der Waals surface area (Å²) >= 11 is 5.82. The molecule has 6 heteroatoms. The molecule has 0 aliphatic rings. The number of nitrogens with zero attached hydrogens (tertiary/aromatic N) is 1. The zero-order chi connectivity index (χ0) is 18.2. The van der Waals surface area contributed by atoms with Crippen molar-refractivity contribution in [2.45, 2.75) is 6.04 Å². The highest BCUT2D eigenvalue weighted by molar-refractivity contribution is 6.30. The van der Waals surface area contributed by atoms with Gasteiger partial charge in [-0.3, -0.25) is 4.79 Å². The first kappa shape index (κ1) is 19.1. The zero-order valence-corrected chi connectivity index (χ0v) is 15.4. The first-order valence-electron chi connectivity index (χ1n) is 7.95. The van der Waals surface area contributed by atoms with Crippen LogP contribution in [0.3, 0.4) is 0 Å². The van der Waals surface area contributed by atoms with Gasteiger partial charge in [-0.2, -0.15) is 0 Å². The highest BCUT2D eigenvalue weighted by Gasteiger charge is 2.16. The fourth-order valence-electron chi connectivity index (χ4n) is 2.39. The number of likely N-dealkylation sites (N-methyl/N-ethyl adjacent to an activating group) is 1. The van der Waals surface area contributed by atoms with E-state index in [4.69, 9.17) is 21.1 Å². The van der Waals surface area contributed by atoms with Gasteiger partial charge in [0, 0.05) is 11.6 Å². The molecule has 1 atom stereocenters. The van der Waals surface area contributed by atoms with Crippen LogP contribution >= 0.6 is 11.6 Å². The molecule has 1 N–H and O–H groups in total. The number of methoxy groups -OCH3 is 1. The Morgan fingerprint density at radius 2 is 1.88 bits per heavy atom. The van der Waals surface area contributed by atoms with Crippen molar-refractivity contribution in [1.82, 2.24) is 10.2 Å². The lowest BCUT2D eigenvalue weighted by Gasteiger charge is -2.25. The van der Waals surface area contributed by atoms with Crippen LogP contribution in [0.15, 0.2) is 48.5 Å². The summed E-state index contributed by atoms with van der Waals surface area (Å²) in [5, 5.41) is 3.54. The van der Waals surface area contributed by atoms with Crippen LogP contribution in [0.4, 0.5) is 0 Å². The van der Waals surface area contributed by atoms with Gasteiger partial charge in [0.1, 0.15) is 11.5 Å². The maximum absolute atomic E-state index is 12.1. The van der Waals surface area contributed by atoms with Crippen molar-refractivity contribution in [3.63, 3.8) is 0 Å². The van der Waals surface area contributed by atoms with Crippen LogP contribution in [0.2, 0.25) is 5.02 Å². The van der Waals surface area contributed by atoms with Crippen LogP contribution in [0.25, 0.3) is 0 Å². The zero-order valence-electron chi connectivity index (χ0n) is 14.7. The quantitative estimate of drug-likeness (QED) is 0.783. The van der Waals surface area contributed by atoms with Crippen molar-refractivity contribution >= 4 is 17.5 Å². The van der Waals surface area contributed by atoms with E-state index >= 15 is 0 Å². The number of carbonyl (C=O) groups excluding carboxylic acids is 1. The molecule has 5 nitrogen and oxygen atoms in total. The molecule has 0 radical (unpaired) electrons. The number of amides is 1. The number of hydrogen-bond acceptors (Lipinski definition) is 4. The van der Waals surface area contributed by atoms with Crippen LogP contribution in [0, 0.1) is 0 Å². The molecule has 0 heterocycles. The molecule has 0 aromatic heterocycles. The standard InChI is InChI=1S/C19H23ClN2O3/c1-22(2)18(14-5-4-6-17(11-14)24-3)12-21-19(23)13-25-16-9-7-15(20)8-10-16/h4-11,18H,12-13H2,1-3H3,(H,21,23). The summed E-state index contributed by atoms with van der Waals surface area (Å²) in [5.74, 6) is 1.22. The molecule has 0 aliphatic carbocycles. The predicted octanol–water partition coefficient (Wildman–Crippen LogP) is 3.15. The number of hydrogen-bond donors (Lipinski definition) is 1. The van der Waals surface area contributed by atoms with Crippen molar-refractivity contribution < 1.29 is 14.3 Å². The summed E-state index contributed by atoms with van der Waals surface area (Å²) < 4.78 is 10.7. The third-order valence-electron chi connectivity index (χ3n) is 3.78. The van der Waals surface area contributed by atoms with Crippen LogP contribution in [0.1, 0.15) is 11.6 Å². The van der Waals surface area contributed by atoms with Gasteiger partial charge in [-0.25, -0.2) is 0 Å². The average Bonchev–Trinajstić information content (AvgIpc) is 2.61. The minimum absolute atomic E-state index is 0.0366. The number of benzene rings is 2. The molecule has 0 bridgehead atoms. The van der Waals surface area contributed by atoms with E-state index in [0.717, 1.165) is 11.3 Å². The van der Waals surface area contributed by atoms with Gasteiger partial charge in [0.15, 0.2) is 6.61 Å².